The maximum atomic E-state index is 11.3. The normalized spacial score (nSPS) is 21.2. The molecule has 0 saturated heterocycles. The summed E-state index contributed by atoms with van der Waals surface area (Å²) in [5, 5.41) is 11.4. The summed E-state index contributed by atoms with van der Waals surface area (Å²) in [6.07, 6.45) is 21.3. The Morgan fingerprint density at radius 3 is 1.84 bits per heavy atom. The second-order valence-electron chi connectivity index (χ2n) is 14.4. The van der Waals surface area contributed by atoms with Crippen LogP contribution in [0.15, 0.2) is 34.5 Å². The quantitative estimate of drug-likeness (QED) is 0.111. The molecule has 1 fully saturated rings. The van der Waals surface area contributed by atoms with Gasteiger partial charge in [0.05, 0.1) is 0 Å². The Morgan fingerprint density at radius 2 is 1.39 bits per heavy atom. The van der Waals surface area contributed by atoms with Crippen molar-refractivity contribution in [1.29, 1.82) is 0 Å². The van der Waals surface area contributed by atoms with E-state index in [1.54, 1.807) is 13.3 Å². The fourth-order valence-electron chi connectivity index (χ4n) is 5.20. The van der Waals surface area contributed by atoms with E-state index in [0.717, 1.165) is 5.92 Å². The molecule has 0 bridgehead atoms. The Kier molecular flexibility index (Phi) is 15.8. The van der Waals surface area contributed by atoms with Crippen molar-refractivity contribution in [3.63, 3.8) is 0 Å². The van der Waals surface area contributed by atoms with Crippen LogP contribution in [0.3, 0.4) is 0 Å². The van der Waals surface area contributed by atoms with Crippen molar-refractivity contribution in [1.82, 2.24) is 0 Å². The summed E-state index contributed by atoms with van der Waals surface area (Å²) < 4.78 is 14.3. The van der Waals surface area contributed by atoms with E-state index in [2.05, 4.69) is 110 Å². The van der Waals surface area contributed by atoms with Crippen molar-refractivity contribution in [2.45, 2.75) is 157 Å². The zero-order valence-corrected chi connectivity index (χ0v) is 31.3. The molecule has 1 aliphatic carbocycles. The van der Waals surface area contributed by atoms with Crippen LogP contribution in [0.2, 0.25) is 31.4 Å². The first-order chi connectivity index (χ1) is 17.7. The van der Waals surface area contributed by atoms with Crippen molar-refractivity contribution < 1.29 is 9.53 Å². The monoisotopic (exact) mass is 654 g/mol. The molecule has 0 aromatic heterocycles. The van der Waals surface area contributed by atoms with Gasteiger partial charge in [0.25, 0.3) is 0 Å². The van der Waals surface area contributed by atoms with Crippen LogP contribution in [0.25, 0.3) is 0 Å². The van der Waals surface area contributed by atoms with E-state index < -0.39 is 32.8 Å². The molecule has 0 aliphatic heterocycles. The van der Waals surface area contributed by atoms with E-state index in [0.29, 0.717) is 12.3 Å². The van der Waals surface area contributed by atoms with Gasteiger partial charge in [0, 0.05) is 0 Å². The first-order valence-corrected chi connectivity index (χ1v) is 26.7. The van der Waals surface area contributed by atoms with Crippen LogP contribution < -0.4 is 0 Å². The van der Waals surface area contributed by atoms with Crippen LogP contribution in [0, 0.1) is 17.3 Å². The maximum absolute atomic E-state index is 11.3. The molecule has 0 heterocycles. The zero-order valence-electron chi connectivity index (χ0n) is 27.4. The third-order valence-electron chi connectivity index (χ3n) is 9.60. The van der Waals surface area contributed by atoms with Crippen LogP contribution in [-0.4, -0.2) is 44.0 Å². The molecule has 1 rings (SSSR count). The molecule has 0 radical (unpaired) electrons. The fourth-order valence-corrected chi connectivity index (χ4v) is 21.1. The Hall–Kier alpha value is 0.156. The van der Waals surface area contributed by atoms with E-state index in [1.165, 1.54) is 44.9 Å². The minimum absolute atomic E-state index is 0.0802. The number of rotatable bonds is 19. The first-order valence-electron chi connectivity index (χ1n) is 16.0. The summed E-state index contributed by atoms with van der Waals surface area (Å²) in [6.45, 7) is 24.9. The summed E-state index contributed by atoms with van der Waals surface area (Å²) in [4.78, 5) is 0. The van der Waals surface area contributed by atoms with Crippen molar-refractivity contribution in [3.8, 4) is 0 Å². The molecule has 1 aliphatic rings. The fraction of sp³-hybridized carbons (Fsp3) is 0.824. The van der Waals surface area contributed by atoms with Gasteiger partial charge in [-0.1, -0.05) is 20.8 Å². The molecule has 38 heavy (non-hydrogen) atoms. The van der Waals surface area contributed by atoms with Gasteiger partial charge < -0.3 is 0 Å². The van der Waals surface area contributed by atoms with Gasteiger partial charge in [-0.05, 0) is 25.1 Å². The molecule has 0 aromatic rings. The second-order valence-corrected chi connectivity index (χ2v) is 32.2. The van der Waals surface area contributed by atoms with Crippen molar-refractivity contribution >= 4 is 26.7 Å². The summed E-state index contributed by atoms with van der Waals surface area (Å²) in [6, 6.07) is 0. The third kappa shape index (κ3) is 11.6. The SMILES string of the molecule is C/C=C/C(O[Si](C)(C)C(C)(C)C)C(C)(C)C(O)C/C=C\[C@H]1C[C@H]1/C=[CH]/[Sn]([CH2]CCC)([CH2]CCC)[CH2]CCC. The standard InChI is InChI=1S/C22H39O2Si.3C4H9.Sn/c1-10-13-20(24-25(8,9)21(3,4)5)22(6,7)19(23)15-12-14-18-16-17(18)11-2;3*1-3-4-2;/h2,10-14,17-20,23H,15-16H2,1,3-9H3;3*1,3-4H2,2H3;/b11-2?,13-10+,14-12-;;;;/t17-,18+,19?,20?;;;;/m1..../s1. The number of aliphatic hydroxyl groups excluding tert-OH is 1. The molecule has 0 amide bonds. The van der Waals surface area contributed by atoms with Crippen LogP contribution >= 0.6 is 0 Å². The summed E-state index contributed by atoms with van der Waals surface area (Å²) in [5.41, 5.74) is -0.346. The summed E-state index contributed by atoms with van der Waals surface area (Å²) >= 11 is -2.18. The minimum atomic E-state index is -2.18. The van der Waals surface area contributed by atoms with Crippen LogP contribution in [0.4, 0.5) is 0 Å². The summed E-state index contributed by atoms with van der Waals surface area (Å²) in [7, 11) is -1.94. The van der Waals surface area contributed by atoms with Crippen molar-refractivity contribution in [3.05, 3.63) is 34.5 Å². The molecule has 4 atom stereocenters. The molecule has 2 unspecified atom stereocenters. The van der Waals surface area contributed by atoms with E-state index in [-0.39, 0.29) is 16.6 Å². The van der Waals surface area contributed by atoms with Gasteiger partial charge >= 0.3 is 199 Å². The molecular formula is C34H66O2SiSn. The predicted octanol–water partition coefficient (Wildman–Crippen LogP) is 10.9. The summed E-state index contributed by atoms with van der Waals surface area (Å²) in [5.74, 6) is 1.40. The molecule has 0 aromatic carbocycles. The Bertz CT molecular complexity index is 724. The van der Waals surface area contributed by atoms with Gasteiger partial charge in [0.15, 0.2) is 0 Å². The van der Waals surface area contributed by atoms with Gasteiger partial charge in [-0.25, -0.2) is 0 Å². The zero-order chi connectivity index (χ0) is 29.0. The number of allylic oxidation sites excluding steroid dienone is 3. The first kappa shape index (κ1) is 36.2. The molecule has 1 N–H and O–H groups in total. The Balaban J connectivity index is 2.82. The van der Waals surface area contributed by atoms with Crippen LogP contribution in [0.1, 0.15) is 114 Å². The molecule has 1 saturated carbocycles. The van der Waals surface area contributed by atoms with Crippen LogP contribution in [-0.2, 0) is 4.43 Å². The van der Waals surface area contributed by atoms with Crippen molar-refractivity contribution in [2.75, 3.05) is 0 Å². The van der Waals surface area contributed by atoms with Crippen LogP contribution in [0.5, 0.6) is 0 Å². The van der Waals surface area contributed by atoms with Gasteiger partial charge in [-0.2, -0.15) is 0 Å². The van der Waals surface area contributed by atoms with Gasteiger partial charge in [-0.15, -0.1) is 0 Å². The predicted molar refractivity (Wildman–Crippen MR) is 176 cm³/mol. The van der Waals surface area contributed by atoms with E-state index in [1.807, 2.05) is 0 Å². The Labute approximate surface area is 244 Å². The van der Waals surface area contributed by atoms with E-state index in [4.69, 9.17) is 4.43 Å². The average Bonchev–Trinajstić information content (AvgIpc) is 3.60. The topological polar surface area (TPSA) is 29.5 Å². The molecular weight excluding hydrogens is 587 g/mol. The number of hydrogen-bond acceptors (Lipinski definition) is 2. The molecule has 0 spiro atoms. The molecule has 2 nitrogen and oxygen atoms in total. The second kappa shape index (κ2) is 16.6. The molecule has 222 valence electrons. The number of unbranched alkanes of at least 4 members (excludes halogenated alkanes) is 3. The van der Waals surface area contributed by atoms with Gasteiger partial charge in [0.1, 0.15) is 0 Å². The van der Waals surface area contributed by atoms with E-state index >= 15 is 0 Å². The van der Waals surface area contributed by atoms with Gasteiger partial charge in [-0.3, -0.25) is 0 Å². The third-order valence-corrected chi connectivity index (χ3v) is 28.2. The molecule has 4 heteroatoms. The van der Waals surface area contributed by atoms with E-state index in [9.17, 15) is 5.11 Å². The Morgan fingerprint density at radius 1 is 0.895 bits per heavy atom. The van der Waals surface area contributed by atoms with Gasteiger partial charge in [0.2, 0.25) is 0 Å². The average molecular weight is 654 g/mol. The van der Waals surface area contributed by atoms with Crippen molar-refractivity contribution in [2.24, 2.45) is 17.3 Å². The number of hydrogen-bond donors (Lipinski definition) is 1. The number of aliphatic hydroxyl groups is 1.